The van der Waals surface area contributed by atoms with Crippen molar-refractivity contribution in [3.05, 3.63) is 65.5 Å². The number of para-hydroxylation sites is 1. The summed E-state index contributed by atoms with van der Waals surface area (Å²) >= 11 is 0. The van der Waals surface area contributed by atoms with Crippen LogP contribution in [0.3, 0.4) is 0 Å². The van der Waals surface area contributed by atoms with Gasteiger partial charge in [0, 0.05) is 44.0 Å². The van der Waals surface area contributed by atoms with E-state index in [1.807, 2.05) is 6.07 Å². The lowest BCUT2D eigenvalue weighted by molar-refractivity contribution is 0.0952. The minimum atomic E-state index is -0.336. The Morgan fingerprint density at radius 2 is 1.78 bits per heavy atom. The molecular formula is C22H28FN3O. The Morgan fingerprint density at radius 1 is 1.04 bits per heavy atom. The number of unbranched alkanes of at least 4 members (excludes halogenated alkanes) is 1. The van der Waals surface area contributed by atoms with E-state index in [4.69, 9.17) is 0 Å². The average Bonchev–Trinajstić information content (AvgIpc) is 2.71. The molecule has 1 amide bonds. The third-order valence-corrected chi connectivity index (χ3v) is 5.11. The first-order valence-electron chi connectivity index (χ1n) is 9.70. The molecule has 144 valence electrons. The molecule has 1 aliphatic heterocycles. The van der Waals surface area contributed by atoms with E-state index in [2.05, 4.69) is 39.4 Å². The molecule has 0 atom stereocenters. The molecule has 1 heterocycles. The van der Waals surface area contributed by atoms with Gasteiger partial charge in [0.1, 0.15) is 5.82 Å². The molecule has 0 unspecified atom stereocenters. The zero-order chi connectivity index (χ0) is 19.1. The molecule has 5 heteroatoms. The van der Waals surface area contributed by atoms with Crippen molar-refractivity contribution in [1.82, 2.24) is 10.2 Å². The van der Waals surface area contributed by atoms with E-state index in [1.54, 1.807) is 19.1 Å². The molecule has 0 bridgehead atoms. The van der Waals surface area contributed by atoms with E-state index in [9.17, 15) is 9.18 Å². The van der Waals surface area contributed by atoms with Crippen LogP contribution in [0.25, 0.3) is 0 Å². The van der Waals surface area contributed by atoms with Crippen LogP contribution in [0.4, 0.5) is 10.1 Å². The Kier molecular flexibility index (Phi) is 6.82. The number of hydrogen-bond donors (Lipinski definition) is 1. The summed E-state index contributed by atoms with van der Waals surface area (Å²) in [6.45, 7) is 7.62. The number of aryl methyl sites for hydroxylation is 1. The van der Waals surface area contributed by atoms with E-state index in [1.165, 1.54) is 11.8 Å². The SMILES string of the molecule is Cc1ccc(C(=O)NCCCCN2CCN(c3ccccc3)CC2)cc1F. The van der Waals surface area contributed by atoms with Gasteiger partial charge < -0.3 is 10.2 Å². The zero-order valence-electron chi connectivity index (χ0n) is 16.0. The Morgan fingerprint density at radius 3 is 2.48 bits per heavy atom. The number of carbonyl (C=O) groups excluding carboxylic acids is 1. The molecule has 27 heavy (non-hydrogen) atoms. The van der Waals surface area contributed by atoms with Crippen LogP contribution in [0.1, 0.15) is 28.8 Å². The summed E-state index contributed by atoms with van der Waals surface area (Å²) in [5.41, 5.74) is 2.24. The van der Waals surface area contributed by atoms with Crippen molar-refractivity contribution >= 4 is 11.6 Å². The predicted octanol–water partition coefficient (Wildman–Crippen LogP) is 3.47. The largest absolute Gasteiger partial charge is 0.369 e. The molecule has 0 spiro atoms. The third kappa shape index (κ3) is 5.54. The van der Waals surface area contributed by atoms with Crippen molar-refractivity contribution < 1.29 is 9.18 Å². The monoisotopic (exact) mass is 369 g/mol. The lowest BCUT2D eigenvalue weighted by atomic mass is 10.1. The summed E-state index contributed by atoms with van der Waals surface area (Å²) in [5.74, 6) is -0.539. The molecule has 0 radical (unpaired) electrons. The number of anilines is 1. The Labute approximate surface area is 161 Å². The highest BCUT2D eigenvalue weighted by atomic mass is 19.1. The number of hydrogen-bond acceptors (Lipinski definition) is 3. The van der Waals surface area contributed by atoms with Crippen LogP contribution in [0, 0.1) is 12.7 Å². The normalized spacial score (nSPS) is 15.0. The molecule has 1 saturated heterocycles. The number of nitrogens with one attached hydrogen (secondary N) is 1. The Bertz CT molecular complexity index is 742. The number of piperazine rings is 1. The molecule has 1 aliphatic rings. The molecule has 0 aliphatic carbocycles. The van der Waals surface area contributed by atoms with Crippen LogP contribution >= 0.6 is 0 Å². The van der Waals surface area contributed by atoms with Crippen molar-refractivity contribution in [3.63, 3.8) is 0 Å². The molecular weight excluding hydrogens is 341 g/mol. The maximum absolute atomic E-state index is 13.5. The molecule has 0 aromatic heterocycles. The van der Waals surface area contributed by atoms with E-state index >= 15 is 0 Å². The number of benzene rings is 2. The summed E-state index contributed by atoms with van der Waals surface area (Å²) < 4.78 is 13.5. The van der Waals surface area contributed by atoms with Crippen LogP contribution in [0.5, 0.6) is 0 Å². The summed E-state index contributed by atoms with van der Waals surface area (Å²) in [6, 6.07) is 15.2. The van der Waals surface area contributed by atoms with Crippen molar-refractivity contribution in [3.8, 4) is 0 Å². The van der Waals surface area contributed by atoms with Crippen molar-refractivity contribution in [2.24, 2.45) is 0 Å². The first kappa shape index (κ1) is 19.4. The van der Waals surface area contributed by atoms with E-state index in [0.29, 0.717) is 17.7 Å². The van der Waals surface area contributed by atoms with Crippen molar-refractivity contribution in [2.45, 2.75) is 19.8 Å². The number of carbonyl (C=O) groups is 1. The van der Waals surface area contributed by atoms with E-state index in [0.717, 1.165) is 45.6 Å². The fourth-order valence-corrected chi connectivity index (χ4v) is 3.37. The second kappa shape index (κ2) is 9.51. The summed E-state index contributed by atoms with van der Waals surface area (Å²) in [4.78, 5) is 17.0. The second-order valence-corrected chi connectivity index (χ2v) is 7.09. The molecule has 3 rings (SSSR count). The van der Waals surface area contributed by atoms with Crippen LogP contribution < -0.4 is 10.2 Å². The predicted molar refractivity (Wildman–Crippen MR) is 108 cm³/mol. The molecule has 4 nitrogen and oxygen atoms in total. The quantitative estimate of drug-likeness (QED) is 0.759. The minimum absolute atomic E-state index is 0.203. The first-order valence-corrected chi connectivity index (χ1v) is 9.70. The molecule has 2 aromatic rings. The van der Waals surface area contributed by atoms with Gasteiger partial charge in [-0.15, -0.1) is 0 Å². The van der Waals surface area contributed by atoms with Crippen LogP contribution in [-0.4, -0.2) is 50.1 Å². The van der Waals surface area contributed by atoms with Gasteiger partial charge in [0.25, 0.3) is 5.91 Å². The fraction of sp³-hybridized carbons (Fsp3) is 0.409. The minimum Gasteiger partial charge on any atom is -0.369 e. The van der Waals surface area contributed by atoms with Gasteiger partial charge in [0.05, 0.1) is 0 Å². The standard InChI is InChI=1S/C22H28FN3O/c1-18-9-10-19(17-21(18)23)22(27)24-11-5-6-12-25-13-15-26(16-14-25)20-7-3-2-4-8-20/h2-4,7-10,17H,5-6,11-16H2,1H3,(H,24,27). The van der Waals surface area contributed by atoms with E-state index in [-0.39, 0.29) is 11.7 Å². The molecule has 2 aromatic carbocycles. The Balaban J connectivity index is 1.31. The van der Waals surface area contributed by atoms with Gasteiger partial charge in [0.2, 0.25) is 0 Å². The maximum Gasteiger partial charge on any atom is 0.251 e. The Hall–Kier alpha value is -2.40. The van der Waals surface area contributed by atoms with Crippen LogP contribution in [0.2, 0.25) is 0 Å². The van der Waals surface area contributed by atoms with E-state index < -0.39 is 0 Å². The van der Waals surface area contributed by atoms with Crippen LogP contribution in [-0.2, 0) is 0 Å². The topological polar surface area (TPSA) is 35.6 Å². The smallest absolute Gasteiger partial charge is 0.251 e. The summed E-state index contributed by atoms with van der Waals surface area (Å²) in [5, 5.41) is 2.88. The van der Waals surface area contributed by atoms with Gasteiger partial charge in [-0.25, -0.2) is 4.39 Å². The summed E-state index contributed by atoms with van der Waals surface area (Å²) in [6.07, 6.45) is 1.98. The lowest BCUT2D eigenvalue weighted by Gasteiger charge is -2.36. The molecule has 0 saturated carbocycles. The van der Waals surface area contributed by atoms with Gasteiger partial charge in [-0.05, 0) is 56.1 Å². The van der Waals surface area contributed by atoms with Gasteiger partial charge >= 0.3 is 0 Å². The highest BCUT2D eigenvalue weighted by molar-refractivity contribution is 5.94. The third-order valence-electron chi connectivity index (χ3n) is 5.11. The maximum atomic E-state index is 13.5. The first-order chi connectivity index (χ1) is 13.1. The van der Waals surface area contributed by atoms with Crippen molar-refractivity contribution in [1.29, 1.82) is 0 Å². The molecule has 1 fully saturated rings. The lowest BCUT2D eigenvalue weighted by Crippen LogP contribution is -2.46. The number of halogens is 1. The second-order valence-electron chi connectivity index (χ2n) is 7.09. The fourth-order valence-electron chi connectivity index (χ4n) is 3.37. The number of nitrogens with zero attached hydrogens (tertiary/aromatic N) is 2. The van der Waals surface area contributed by atoms with Gasteiger partial charge in [-0.1, -0.05) is 24.3 Å². The summed E-state index contributed by atoms with van der Waals surface area (Å²) in [7, 11) is 0. The molecule has 1 N–H and O–H groups in total. The highest BCUT2D eigenvalue weighted by Crippen LogP contribution is 2.15. The number of amides is 1. The van der Waals surface area contributed by atoms with Crippen molar-refractivity contribution in [2.75, 3.05) is 44.2 Å². The zero-order valence-corrected chi connectivity index (χ0v) is 16.0. The number of rotatable bonds is 7. The average molecular weight is 369 g/mol. The van der Waals surface area contributed by atoms with Gasteiger partial charge in [-0.3, -0.25) is 9.69 Å². The van der Waals surface area contributed by atoms with Gasteiger partial charge in [0.15, 0.2) is 0 Å². The van der Waals surface area contributed by atoms with Crippen LogP contribution in [0.15, 0.2) is 48.5 Å². The highest BCUT2D eigenvalue weighted by Gasteiger charge is 2.16. The van der Waals surface area contributed by atoms with Gasteiger partial charge in [-0.2, -0.15) is 0 Å².